The van der Waals surface area contributed by atoms with Crippen molar-refractivity contribution >= 4 is 26.5 Å². The molecule has 1 heterocycles. The van der Waals surface area contributed by atoms with E-state index in [1.807, 2.05) is 30.3 Å². The Labute approximate surface area is 117 Å². The number of fused-ring (bicyclic) bond motifs is 1. The standard InChI is InChI=1S/C15H12N2O2S/c18-20(19,17-14-8-2-1-3-9-14)15-10-12-6-4-5-7-13(12)11-16-15/h1-11,17H. The third-order valence-electron chi connectivity index (χ3n) is 2.91. The Balaban J connectivity index is 2.01. The Kier molecular flexibility index (Phi) is 3.12. The summed E-state index contributed by atoms with van der Waals surface area (Å²) in [4.78, 5) is 4.02. The van der Waals surface area contributed by atoms with Gasteiger partial charge in [-0.15, -0.1) is 0 Å². The normalized spacial score (nSPS) is 11.4. The molecule has 0 amide bonds. The van der Waals surface area contributed by atoms with Gasteiger partial charge in [0.2, 0.25) is 0 Å². The van der Waals surface area contributed by atoms with Crippen LogP contribution in [0.25, 0.3) is 10.8 Å². The molecule has 0 radical (unpaired) electrons. The molecule has 0 fully saturated rings. The second-order valence-electron chi connectivity index (χ2n) is 4.34. The molecule has 0 unspecified atom stereocenters. The zero-order chi connectivity index (χ0) is 14.0. The van der Waals surface area contributed by atoms with Crippen molar-refractivity contribution in [2.75, 3.05) is 4.72 Å². The maximum atomic E-state index is 12.3. The molecule has 0 aliphatic rings. The third kappa shape index (κ3) is 2.48. The average molecular weight is 284 g/mol. The van der Waals surface area contributed by atoms with Crippen LogP contribution in [-0.2, 0) is 10.0 Å². The summed E-state index contributed by atoms with van der Waals surface area (Å²) in [5.41, 5.74) is 0.516. The van der Waals surface area contributed by atoms with Crippen LogP contribution in [0.3, 0.4) is 0 Å². The van der Waals surface area contributed by atoms with Gasteiger partial charge in [0.05, 0.1) is 0 Å². The molecule has 100 valence electrons. The van der Waals surface area contributed by atoms with Gasteiger partial charge in [-0.1, -0.05) is 42.5 Å². The minimum Gasteiger partial charge on any atom is -0.278 e. The number of sulfonamides is 1. The van der Waals surface area contributed by atoms with E-state index >= 15 is 0 Å². The molecule has 5 heteroatoms. The zero-order valence-electron chi connectivity index (χ0n) is 10.5. The van der Waals surface area contributed by atoms with Crippen LogP contribution in [0, 0.1) is 0 Å². The fourth-order valence-corrected chi connectivity index (χ4v) is 2.95. The Morgan fingerprint density at radius 2 is 1.50 bits per heavy atom. The molecule has 3 aromatic rings. The molecule has 0 aliphatic heterocycles. The zero-order valence-corrected chi connectivity index (χ0v) is 11.3. The van der Waals surface area contributed by atoms with Crippen LogP contribution in [0.4, 0.5) is 5.69 Å². The lowest BCUT2D eigenvalue weighted by molar-refractivity contribution is 0.598. The van der Waals surface area contributed by atoms with Gasteiger partial charge in [-0.05, 0) is 23.6 Å². The summed E-state index contributed by atoms with van der Waals surface area (Å²) in [6.45, 7) is 0. The molecule has 20 heavy (non-hydrogen) atoms. The van der Waals surface area contributed by atoms with Crippen LogP contribution < -0.4 is 4.72 Å². The van der Waals surface area contributed by atoms with E-state index in [1.54, 1.807) is 36.5 Å². The number of rotatable bonds is 3. The van der Waals surface area contributed by atoms with E-state index in [0.717, 1.165) is 10.8 Å². The number of nitrogens with zero attached hydrogens (tertiary/aromatic N) is 1. The van der Waals surface area contributed by atoms with Crippen molar-refractivity contribution in [2.24, 2.45) is 0 Å². The Morgan fingerprint density at radius 1 is 0.850 bits per heavy atom. The fourth-order valence-electron chi connectivity index (χ4n) is 1.92. The summed E-state index contributed by atoms with van der Waals surface area (Å²) < 4.78 is 27.1. The van der Waals surface area contributed by atoms with Gasteiger partial charge in [-0.2, -0.15) is 8.42 Å². The monoisotopic (exact) mass is 284 g/mol. The second kappa shape index (κ2) is 4.94. The number of pyridine rings is 1. The SMILES string of the molecule is O=S(=O)(Nc1ccccc1)c1cc2ccccc2cn1. The number of para-hydroxylation sites is 1. The molecular weight excluding hydrogens is 272 g/mol. The highest BCUT2D eigenvalue weighted by molar-refractivity contribution is 7.92. The highest BCUT2D eigenvalue weighted by Crippen LogP contribution is 2.18. The maximum Gasteiger partial charge on any atom is 0.279 e. The van der Waals surface area contributed by atoms with E-state index in [1.165, 1.54) is 0 Å². The third-order valence-corrected chi connectivity index (χ3v) is 4.19. The Bertz CT molecular complexity index is 846. The quantitative estimate of drug-likeness (QED) is 0.804. The number of hydrogen-bond acceptors (Lipinski definition) is 3. The van der Waals surface area contributed by atoms with E-state index in [0.29, 0.717) is 5.69 Å². The van der Waals surface area contributed by atoms with Crippen molar-refractivity contribution in [3.63, 3.8) is 0 Å². The minimum absolute atomic E-state index is 0.0139. The van der Waals surface area contributed by atoms with Crippen LogP contribution in [0.1, 0.15) is 0 Å². The van der Waals surface area contributed by atoms with Crippen molar-refractivity contribution in [1.82, 2.24) is 4.98 Å². The molecule has 3 rings (SSSR count). The topological polar surface area (TPSA) is 59.1 Å². The van der Waals surface area contributed by atoms with Gasteiger partial charge in [-0.25, -0.2) is 4.98 Å². The van der Waals surface area contributed by atoms with Crippen LogP contribution in [0.15, 0.2) is 71.9 Å². The number of hydrogen-bond donors (Lipinski definition) is 1. The van der Waals surface area contributed by atoms with Gasteiger partial charge in [-0.3, -0.25) is 4.72 Å². The van der Waals surface area contributed by atoms with Gasteiger partial charge >= 0.3 is 0 Å². The molecule has 0 bridgehead atoms. The molecule has 0 aliphatic carbocycles. The first-order valence-corrected chi connectivity index (χ1v) is 7.56. The summed E-state index contributed by atoms with van der Waals surface area (Å²) in [5, 5.41) is 1.77. The summed E-state index contributed by atoms with van der Waals surface area (Å²) in [6.07, 6.45) is 1.56. The highest BCUT2D eigenvalue weighted by atomic mass is 32.2. The Morgan fingerprint density at radius 3 is 2.25 bits per heavy atom. The van der Waals surface area contributed by atoms with Gasteiger partial charge in [0.15, 0.2) is 5.03 Å². The maximum absolute atomic E-state index is 12.3. The van der Waals surface area contributed by atoms with Crippen LogP contribution in [-0.4, -0.2) is 13.4 Å². The van der Waals surface area contributed by atoms with E-state index in [4.69, 9.17) is 0 Å². The largest absolute Gasteiger partial charge is 0.279 e. The predicted octanol–water partition coefficient (Wildman–Crippen LogP) is 3.04. The second-order valence-corrected chi connectivity index (χ2v) is 5.97. The first-order valence-electron chi connectivity index (χ1n) is 6.08. The number of nitrogens with one attached hydrogen (secondary N) is 1. The van der Waals surface area contributed by atoms with Crippen molar-refractivity contribution in [3.05, 3.63) is 66.9 Å². The summed E-state index contributed by atoms with van der Waals surface area (Å²) in [7, 11) is -3.67. The molecule has 0 spiro atoms. The van der Waals surface area contributed by atoms with E-state index in [2.05, 4.69) is 9.71 Å². The lowest BCUT2D eigenvalue weighted by Crippen LogP contribution is -2.14. The molecule has 1 N–H and O–H groups in total. The smallest absolute Gasteiger partial charge is 0.278 e. The van der Waals surface area contributed by atoms with Gasteiger partial charge in [0, 0.05) is 17.3 Å². The summed E-state index contributed by atoms with van der Waals surface area (Å²) >= 11 is 0. The molecular formula is C15H12N2O2S. The van der Waals surface area contributed by atoms with Crippen LogP contribution >= 0.6 is 0 Å². The molecule has 0 saturated heterocycles. The van der Waals surface area contributed by atoms with Gasteiger partial charge in [0.1, 0.15) is 0 Å². The lowest BCUT2D eigenvalue weighted by atomic mass is 10.2. The van der Waals surface area contributed by atoms with Crippen LogP contribution in [0.5, 0.6) is 0 Å². The van der Waals surface area contributed by atoms with E-state index in [-0.39, 0.29) is 5.03 Å². The van der Waals surface area contributed by atoms with Gasteiger partial charge in [0.25, 0.3) is 10.0 Å². The number of benzene rings is 2. The highest BCUT2D eigenvalue weighted by Gasteiger charge is 2.16. The molecule has 0 saturated carbocycles. The first-order chi connectivity index (χ1) is 9.65. The number of anilines is 1. The van der Waals surface area contributed by atoms with Crippen molar-refractivity contribution in [1.29, 1.82) is 0 Å². The molecule has 0 atom stereocenters. The molecule has 1 aromatic heterocycles. The first kappa shape index (κ1) is 12.6. The van der Waals surface area contributed by atoms with E-state index < -0.39 is 10.0 Å². The predicted molar refractivity (Wildman–Crippen MR) is 79.0 cm³/mol. The summed E-state index contributed by atoms with van der Waals surface area (Å²) in [6, 6.07) is 17.8. The Hall–Kier alpha value is -2.40. The molecule has 4 nitrogen and oxygen atoms in total. The average Bonchev–Trinajstić information content (AvgIpc) is 2.47. The van der Waals surface area contributed by atoms with Crippen LogP contribution in [0.2, 0.25) is 0 Å². The number of aromatic nitrogens is 1. The van der Waals surface area contributed by atoms with Crippen molar-refractivity contribution in [2.45, 2.75) is 5.03 Å². The summed E-state index contributed by atoms with van der Waals surface area (Å²) in [5.74, 6) is 0. The van der Waals surface area contributed by atoms with Crippen molar-refractivity contribution in [3.8, 4) is 0 Å². The fraction of sp³-hybridized carbons (Fsp3) is 0. The van der Waals surface area contributed by atoms with Gasteiger partial charge < -0.3 is 0 Å². The minimum atomic E-state index is -3.67. The molecule has 2 aromatic carbocycles. The van der Waals surface area contributed by atoms with E-state index in [9.17, 15) is 8.42 Å². The lowest BCUT2D eigenvalue weighted by Gasteiger charge is -2.07. The van der Waals surface area contributed by atoms with Crippen molar-refractivity contribution < 1.29 is 8.42 Å².